The van der Waals surface area contributed by atoms with Crippen LogP contribution >= 0.6 is 0 Å². The van der Waals surface area contributed by atoms with Gasteiger partial charge >= 0.3 is 0 Å². The summed E-state index contributed by atoms with van der Waals surface area (Å²) in [4.78, 5) is 22.2. The van der Waals surface area contributed by atoms with E-state index in [-0.39, 0.29) is 5.91 Å². The van der Waals surface area contributed by atoms with Gasteiger partial charge in [0.25, 0.3) is 11.9 Å². The van der Waals surface area contributed by atoms with Gasteiger partial charge in [0.05, 0.1) is 0 Å². The summed E-state index contributed by atoms with van der Waals surface area (Å²) >= 11 is 0. The first-order chi connectivity index (χ1) is 16.7. The molecule has 1 aliphatic rings. The summed E-state index contributed by atoms with van der Waals surface area (Å²) in [6.07, 6.45) is 0. The Morgan fingerprint density at radius 2 is 1.65 bits per heavy atom. The number of aromatic nitrogens is 1. The van der Waals surface area contributed by atoms with Gasteiger partial charge in [-0.1, -0.05) is 37.3 Å². The largest absolute Gasteiger partial charge is 0.423 e. The molecule has 1 amide bonds. The molecule has 2 heterocycles. The van der Waals surface area contributed by atoms with E-state index in [0.29, 0.717) is 17.3 Å². The molecule has 5 rings (SSSR count). The molecule has 2 N–H and O–H groups in total. The average Bonchev–Trinajstić information content (AvgIpc) is 3.27. The number of rotatable bonds is 7. The summed E-state index contributed by atoms with van der Waals surface area (Å²) < 4.78 is 5.72. The predicted molar refractivity (Wildman–Crippen MR) is 136 cm³/mol. The number of nitrogens with zero attached hydrogens (tertiary/aromatic N) is 3. The van der Waals surface area contributed by atoms with Crippen LogP contribution in [0.1, 0.15) is 22.8 Å². The Labute approximate surface area is 199 Å². The minimum Gasteiger partial charge on any atom is -0.423 e. The standard InChI is InChI=1S/C27H29N5O2/c1-2-31-14-16-32(17-15-31)19-20-10-12-21(13-11-20)26(33)28-22-6-5-7-23(18-22)29-27-30-24-8-3-4-9-25(24)34-27/h3-13,18H,2,14-17,19H2,1H3,(H,28,33)(H,29,30). The maximum absolute atomic E-state index is 12.8. The number of amides is 1. The number of anilines is 3. The van der Waals surface area contributed by atoms with Crippen molar-refractivity contribution in [2.24, 2.45) is 0 Å². The van der Waals surface area contributed by atoms with Gasteiger partial charge in [-0.15, -0.1) is 0 Å². The summed E-state index contributed by atoms with van der Waals surface area (Å²) in [7, 11) is 0. The quantitative estimate of drug-likeness (QED) is 0.410. The van der Waals surface area contributed by atoms with Crippen LogP contribution in [0.5, 0.6) is 0 Å². The molecule has 0 saturated carbocycles. The molecule has 0 radical (unpaired) electrons. The van der Waals surface area contributed by atoms with Crippen LogP contribution < -0.4 is 10.6 Å². The summed E-state index contributed by atoms with van der Waals surface area (Å²) in [6, 6.07) is 23.4. The molecule has 3 aromatic carbocycles. The molecule has 1 aromatic heterocycles. The molecule has 0 bridgehead atoms. The van der Waals surface area contributed by atoms with Crippen molar-refractivity contribution in [3.8, 4) is 0 Å². The third-order valence-electron chi connectivity index (χ3n) is 6.20. The molecule has 0 unspecified atom stereocenters. The highest BCUT2D eigenvalue weighted by Crippen LogP contribution is 2.24. The highest BCUT2D eigenvalue weighted by atomic mass is 16.4. The number of hydrogen-bond acceptors (Lipinski definition) is 6. The lowest BCUT2D eigenvalue weighted by Crippen LogP contribution is -2.45. The molecular formula is C27H29N5O2. The second kappa shape index (κ2) is 10.1. The molecule has 34 heavy (non-hydrogen) atoms. The van der Waals surface area contributed by atoms with Gasteiger partial charge in [-0.25, -0.2) is 0 Å². The van der Waals surface area contributed by atoms with Crippen LogP contribution in [0.25, 0.3) is 11.1 Å². The van der Waals surface area contributed by atoms with Gasteiger partial charge in [-0.3, -0.25) is 9.69 Å². The zero-order valence-electron chi connectivity index (χ0n) is 19.3. The van der Waals surface area contributed by atoms with Crippen molar-refractivity contribution in [3.05, 3.63) is 83.9 Å². The Hall–Kier alpha value is -3.68. The Kier molecular flexibility index (Phi) is 6.56. The molecule has 1 aliphatic heterocycles. The molecule has 7 heteroatoms. The number of hydrogen-bond donors (Lipinski definition) is 2. The lowest BCUT2D eigenvalue weighted by atomic mass is 10.1. The Balaban J connectivity index is 1.19. The molecule has 1 saturated heterocycles. The van der Waals surface area contributed by atoms with E-state index in [1.807, 2.05) is 72.8 Å². The number of likely N-dealkylation sites (N-methyl/N-ethyl adjacent to an activating group) is 1. The zero-order chi connectivity index (χ0) is 23.3. The maximum atomic E-state index is 12.8. The SMILES string of the molecule is CCN1CCN(Cc2ccc(C(=O)Nc3cccc(Nc4nc5ccccc5o4)c3)cc2)CC1. The monoisotopic (exact) mass is 455 g/mol. The van der Waals surface area contributed by atoms with E-state index >= 15 is 0 Å². The van der Waals surface area contributed by atoms with Crippen molar-refractivity contribution in [2.75, 3.05) is 43.4 Å². The Morgan fingerprint density at radius 1 is 0.912 bits per heavy atom. The van der Waals surface area contributed by atoms with Gasteiger partial charge in [-0.05, 0) is 54.6 Å². The van der Waals surface area contributed by atoms with Crippen LogP contribution in [0.2, 0.25) is 0 Å². The van der Waals surface area contributed by atoms with Crippen LogP contribution in [0.4, 0.5) is 17.4 Å². The number of nitrogens with one attached hydrogen (secondary N) is 2. The predicted octanol–water partition coefficient (Wildman–Crippen LogP) is 4.96. The zero-order valence-corrected chi connectivity index (χ0v) is 19.3. The first-order valence-corrected chi connectivity index (χ1v) is 11.7. The van der Waals surface area contributed by atoms with E-state index in [1.54, 1.807) is 0 Å². The fourth-order valence-electron chi connectivity index (χ4n) is 4.21. The van der Waals surface area contributed by atoms with E-state index in [4.69, 9.17) is 4.42 Å². The highest BCUT2D eigenvalue weighted by molar-refractivity contribution is 6.04. The van der Waals surface area contributed by atoms with Gasteiger partial charge in [-0.2, -0.15) is 4.98 Å². The van der Waals surface area contributed by atoms with Gasteiger partial charge in [0.2, 0.25) is 0 Å². The first-order valence-electron chi connectivity index (χ1n) is 11.7. The number of benzene rings is 3. The Bertz CT molecular complexity index is 1230. The second-order valence-corrected chi connectivity index (χ2v) is 8.55. The molecule has 174 valence electrons. The number of para-hydroxylation sites is 2. The minimum absolute atomic E-state index is 0.137. The number of piperazine rings is 1. The van der Waals surface area contributed by atoms with E-state index in [9.17, 15) is 4.79 Å². The molecule has 1 fully saturated rings. The number of oxazole rings is 1. The summed E-state index contributed by atoms with van der Waals surface area (Å²) in [5, 5.41) is 6.14. The van der Waals surface area contributed by atoms with Crippen LogP contribution in [0.15, 0.2) is 77.2 Å². The lowest BCUT2D eigenvalue weighted by molar-refractivity contribution is 0.102. The van der Waals surface area contributed by atoms with Crippen molar-refractivity contribution >= 4 is 34.4 Å². The third kappa shape index (κ3) is 5.27. The normalized spacial score (nSPS) is 14.9. The fraction of sp³-hybridized carbons (Fsp3) is 0.259. The first kappa shape index (κ1) is 22.1. The highest BCUT2D eigenvalue weighted by Gasteiger charge is 2.16. The summed E-state index contributed by atoms with van der Waals surface area (Å²) in [5.74, 6) is -0.137. The van der Waals surface area contributed by atoms with E-state index in [0.717, 1.165) is 56.1 Å². The number of carbonyl (C=O) groups excluding carboxylic acids is 1. The molecule has 0 spiro atoms. The minimum atomic E-state index is -0.137. The molecule has 0 atom stereocenters. The van der Waals surface area contributed by atoms with Crippen LogP contribution in [-0.4, -0.2) is 53.4 Å². The number of fused-ring (bicyclic) bond motifs is 1. The van der Waals surface area contributed by atoms with E-state index in [1.165, 1.54) is 5.56 Å². The van der Waals surface area contributed by atoms with E-state index < -0.39 is 0 Å². The van der Waals surface area contributed by atoms with Crippen LogP contribution in [0, 0.1) is 0 Å². The second-order valence-electron chi connectivity index (χ2n) is 8.55. The van der Waals surface area contributed by atoms with Crippen molar-refractivity contribution in [1.29, 1.82) is 0 Å². The van der Waals surface area contributed by atoms with Crippen molar-refractivity contribution in [2.45, 2.75) is 13.5 Å². The fourth-order valence-corrected chi connectivity index (χ4v) is 4.21. The lowest BCUT2D eigenvalue weighted by Gasteiger charge is -2.34. The van der Waals surface area contributed by atoms with Gasteiger partial charge in [0.1, 0.15) is 5.52 Å². The van der Waals surface area contributed by atoms with Gasteiger partial charge in [0.15, 0.2) is 5.58 Å². The third-order valence-corrected chi connectivity index (χ3v) is 6.20. The smallest absolute Gasteiger partial charge is 0.300 e. The van der Waals surface area contributed by atoms with E-state index in [2.05, 4.69) is 32.3 Å². The van der Waals surface area contributed by atoms with Crippen molar-refractivity contribution in [3.63, 3.8) is 0 Å². The van der Waals surface area contributed by atoms with Crippen LogP contribution in [-0.2, 0) is 6.54 Å². The summed E-state index contributed by atoms with van der Waals surface area (Å²) in [5.41, 5.74) is 4.86. The van der Waals surface area contributed by atoms with Crippen LogP contribution in [0.3, 0.4) is 0 Å². The molecule has 0 aliphatic carbocycles. The van der Waals surface area contributed by atoms with Crippen molar-refractivity contribution < 1.29 is 9.21 Å². The molecule has 7 nitrogen and oxygen atoms in total. The Morgan fingerprint density at radius 3 is 2.41 bits per heavy atom. The van der Waals surface area contributed by atoms with Crippen molar-refractivity contribution in [1.82, 2.24) is 14.8 Å². The average molecular weight is 456 g/mol. The van der Waals surface area contributed by atoms with Gasteiger partial charge in [0, 0.05) is 49.7 Å². The number of carbonyl (C=O) groups is 1. The van der Waals surface area contributed by atoms with Gasteiger partial charge < -0.3 is 20.0 Å². The molecular weight excluding hydrogens is 426 g/mol. The maximum Gasteiger partial charge on any atom is 0.300 e. The summed E-state index contributed by atoms with van der Waals surface area (Å²) in [6.45, 7) is 8.67. The molecule has 4 aromatic rings. The topological polar surface area (TPSA) is 73.6 Å².